The molecule has 0 aliphatic heterocycles. The van der Waals surface area contributed by atoms with Crippen LogP contribution in [0.3, 0.4) is 0 Å². The maximum atomic E-state index is 12.1. The first kappa shape index (κ1) is 15.2. The molecule has 0 saturated carbocycles. The van der Waals surface area contributed by atoms with Crippen LogP contribution in [0.1, 0.15) is 5.56 Å². The van der Waals surface area contributed by atoms with Gasteiger partial charge in [-0.3, -0.25) is 14.5 Å². The number of aryl methyl sites for hydroxylation is 1. The fourth-order valence-electron chi connectivity index (χ4n) is 2.98. The molecule has 7 heteroatoms. The largest absolute Gasteiger partial charge is 0.496 e. The number of anilines is 1. The molecule has 0 aliphatic rings. The molecule has 0 fully saturated rings. The van der Waals surface area contributed by atoms with E-state index >= 15 is 0 Å². The van der Waals surface area contributed by atoms with Crippen LogP contribution in [-0.4, -0.2) is 26.9 Å². The number of benzene rings is 2. The summed E-state index contributed by atoms with van der Waals surface area (Å²) >= 11 is 0. The molecule has 0 aliphatic carbocycles. The fourth-order valence-corrected chi connectivity index (χ4v) is 2.98. The number of fused-ring (bicyclic) bond motifs is 2. The van der Waals surface area contributed by atoms with Gasteiger partial charge in [0.1, 0.15) is 11.1 Å². The summed E-state index contributed by atoms with van der Waals surface area (Å²) in [6.07, 6.45) is 1.51. The van der Waals surface area contributed by atoms with E-state index in [4.69, 9.17) is 4.74 Å². The molecule has 0 saturated heterocycles. The van der Waals surface area contributed by atoms with Crippen molar-refractivity contribution in [2.45, 2.75) is 6.54 Å². The third-order valence-corrected chi connectivity index (χ3v) is 4.25. The summed E-state index contributed by atoms with van der Waals surface area (Å²) in [6.45, 7) is 0.469. The van der Waals surface area contributed by atoms with Gasteiger partial charge in [-0.15, -0.1) is 0 Å². The van der Waals surface area contributed by atoms with E-state index in [1.54, 1.807) is 18.8 Å². The van der Waals surface area contributed by atoms with Gasteiger partial charge in [0.05, 0.1) is 13.3 Å². The molecule has 0 unspecified atom stereocenters. The Balaban J connectivity index is 1.73. The Morgan fingerprint density at radius 2 is 2.04 bits per heavy atom. The van der Waals surface area contributed by atoms with Crippen LogP contribution in [0.2, 0.25) is 0 Å². The number of nitrogens with zero attached hydrogens (tertiary/aromatic N) is 3. The average Bonchev–Trinajstić information content (AvgIpc) is 3.01. The van der Waals surface area contributed by atoms with Gasteiger partial charge in [0.2, 0.25) is 5.95 Å². The van der Waals surface area contributed by atoms with Gasteiger partial charge in [-0.05, 0) is 16.8 Å². The first-order valence-electron chi connectivity index (χ1n) is 7.88. The standard InChI is InChI=1S/C18H17N5O2/c1-23-16-14(10-20-23)17(24)22-18(21-16)19-9-13-12-6-4-3-5-11(12)7-8-15(13)25-2/h3-8,10H,9H2,1-2H3,(H2,19,21,22,24). The van der Waals surface area contributed by atoms with Crippen LogP contribution < -0.4 is 15.6 Å². The molecule has 2 N–H and O–H groups in total. The molecule has 2 aromatic carbocycles. The third-order valence-electron chi connectivity index (χ3n) is 4.25. The first-order valence-corrected chi connectivity index (χ1v) is 7.88. The number of hydrogen-bond acceptors (Lipinski definition) is 5. The van der Waals surface area contributed by atoms with Gasteiger partial charge < -0.3 is 10.1 Å². The summed E-state index contributed by atoms with van der Waals surface area (Å²) in [6, 6.07) is 12.1. The van der Waals surface area contributed by atoms with E-state index in [9.17, 15) is 4.79 Å². The molecule has 2 aromatic heterocycles. The minimum atomic E-state index is -0.217. The normalized spacial score (nSPS) is 11.1. The average molecular weight is 335 g/mol. The molecule has 2 heterocycles. The van der Waals surface area contributed by atoms with Gasteiger partial charge in [0.25, 0.3) is 5.56 Å². The highest BCUT2D eigenvalue weighted by atomic mass is 16.5. The Bertz CT molecular complexity index is 1130. The number of nitrogens with one attached hydrogen (secondary N) is 2. The first-order chi connectivity index (χ1) is 12.2. The lowest BCUT2D eigenvalue weighted by Crippen LogP contribution is -2.13. The molecule has 0 bridgehead atoms. The van der Waals surface area contributed by atoms with Crippen molar-refractivity contribution in [2.24, 2.45) is 7.05 Å². The molecular formula is C18H17N5O2. The Labute approximate surface area is 143 Å². The van der Waals surface area contributed by atoms with E-state index in [1.165, 1.54) is 6.20 Å². The molecule has 0 amide bonds. The van der Waals surface area contributed by atoms with Crippen molar-refractivity contribution in [3.63, 3.8) is 0 Å². The zero-order valence-corrected chi connectivity index (χ0v) is 13.9. The fraction of sp³-hybridized carbons (Fsp3) is 0.167. The second-order valence-electron chi connectivity index (χ2n) is 5.74. The highest BCUT2D eigenvalue weighted by molar-refractivity contribution is 5.88. The Morgan fingerprint density at radius 1 is 1.20 bits per heavy atom. The van der Waals surface area contributed by atoms with Gasteiger partial charge in [0, 0.05) is 19.2 Å². The van der Waals surface area contributed by atoms with Gasteiger partial charge in [-0.1, -0.05) is 30.3 Å². The van der Waals surface area contributed by atoms with E-state index in [2.05, 4.69) is 32.5 Å². The number of aromatic nitrogens is 4. The number of hydrogen-bond donors (Lipinski definition) is 2. The second kappa shape index (κ2) is 5.94. The lowest BCUT2D eigenvalue weighted by atomic mass is 10.0. The van der Waals surface area contributed by atoms with Gasteiger partial charge >= 0.3 is 0 Å². The number of aromatic amines is 1. The predicted molar refractivity (Wildman–Crippen MR) is 97.0 cm³/mol. The topological polar surface area (TPSA) is 84.8 Å². The summed E-state index contributed by atoms with van der Waals surface area (Å²) in [4.78, 5) is 19.3. The van der Waals surface area contributed by atoms with Crippen LogP contribution in [-0.2, 0) is 13.6 Å². The van der Waals surface area contributed by atoms with Crippen molar-refractivity contribution in [1.29, 1.82) is 0 Å². The summed E-state index contributed by atoms with van der Waals surface area (Å²) in [5.41, 5.74) is 1.33. The van der Waals surface area contributed by atoms with Crippen molar-refractivity contribution >= 4 is 27.8 Å². The van der Waals surface area contributed by atoms with Crippen LogP contribution in [0.15, 0.2) is 47.4 Å². The van der Waals surface area contributed by atoms with Crippen molar-refractivity contribution in [3.8, 4) is 5.75 Å². The minimum absolute atomic E-state index is 0.217. The zero-order chi connectivity index (χ0) is 17.4. The highest BCUT2D eigenvalue weighted by Crippen LogP contribution is 2.28. The summed E-state index contributed by atoms with van der Waals surface area (Å²) < 4.78 is 7.07. The summed E-state index contributed by atoms with van der Waals surface area (Å²) in [5.74, 6) is 1.19. The maximum absolute atomic E-state index is 12.1. The van der Waals surface area contributed by atoms with E-state index in [1.807, 2.05) is 24.3 Å². The molecule has 4 aromatic rings. The quantitative estimate of drug-likeness (QED) is 0.598. The Kier molecular flexibility index (Phi) is 3.61. The maximum Gasteiger partial charge on any atom is 0.263 e. The van der Waals surface area contributed by atoms with Crippen molar-refractivity contribution in [1.82, 2.24) is 19.7 Å². The second-order valence-corrected chi connectivity index (χ2v) is 5.74. The molecule has 0 spiro atoms. The molecular weight excluding hydrogens is 318 g/mol. The zero-order valence-electron chi connectivity index (χ0n) is 13.9. The van der Waals surface area contributed by atoms with Crippen molar-refractivity contribution in [3.05, 3.63) is 58.5 Å². The lowest BCUT2D eigenvalue weighted by Gasteiger charge is -2.13. The molecule has 0 atom stereocenters. The van der Waals surface area contributed by atoms with Crippen LogP contribution in [0.5, 0.6) is 5.75 Å². The number of ether oxygens (including phenoxy) is 1. The number of rotatable bonds is 4. The van der Waals surface area contributed by atoms with Crippen LogP contribution in [0.4, 0.5) is 5.95 Å². The lowest BCUT2D eigenvalue weighted by molar-refractivity contribution is 0.411. The van der Waals surface area contributed by atoms with Gasteiger partial charge in [0.15, 0.2) is 5.65 Å². The molecule has 25 heavy (non-hydrogen) atoms. The number of methoxy groups -OCH3 is 1. The molecule has 0 radical (unpaired) electrons. The van der Waals surface area contributed by atoms with Crippen LogP contribution in [0, 0.1) is 0 Å². The van der Waals surface area contributed by atoms with Gasteiger partial charge in [-0.25, -0.2) is 0 Å². The van der Waals surface area contributed by atoms with Crippen molar-refractivity contribution < 1.29 is 4.74 Å². The highest BCUT2D eigenvalue weighted by Gasteiger charge is 2.11. The van der Waals surface area contributed by atoms with E-state index in [0.717, 1.165) is 22.1 Å². The van der Waals surface area contributed by atoms with E-state index < -0.39 is 0 Å². The van der Waals surface area contributed by atoms with Crippen LogP contribution >= 0.6 is 0 Å². The minimum Gasteiger partial charge on any atom is -0.496 e. The SMILES string of the molecule is COc1ccc2ccccc2c1CNc1nc2c(cnn2C)c(=O)[nH]1. The van der Waals surface area contributed by atoms with E-state index in [-0.39, 0.29) is 5.56 Å². The molecule has 7 nitrogen and oxygen atoms in total. The van der Waals surface area contributed by atoms with Gasteiger partial charge in [-0.2, -0.15) is 10.1 Å². The summed E-state index contributed by atoms with van der Waals surface area (Å²) in [5, 5.41) is 9.95. The van der Waals surface area contributed by atoms with Crippen LogP contribution in [0.25, 0.3) is 21.8 Å². The predicted octanol–water partition coefficient (Wildman–Crippen LogP) is 2.43. The molecule has 126 valence electrons. The number of H-pyrrole nitrogens is 1. The Hall–Kier alpha value is -3.35. The monoisotopic (exact) mass is 335 g/mol. The van der Waals surface area contributed by atoms with Crippen molar-refractivity contribution in [2.75, 3.05) is 12.4 Å². The summed E-state index contributed by atoms with van der Waals surface area (Å²) in [7, 11) is 3.40. The Morgan fingerprint density at radius 3 is 2.88 bits per heavy atom. The smallest absolute Gasteiger partial charge is 0.263 e. The third kappa shape index (κ3) is 2.59. The molecule has 4 rings (SSSR count). The van der Waals surface area contributed by atoms with E-state index in [0.29, 0.717) is 23.5 Å².